The normalized spacial score (nSPS) is 15.5. The van der Waals surface area contributed by atoms with Crippen LogP contribution in [0.5, 0.6) is 0 Å². The highest BCUT2D eigenvalue weighted by Crippen LogP contribution is 2.37. The molecule has 1 aliphatic rings. The Hall–Kier alpha value is -1.66. The quantitative estimate of drug-likeness (QED) is 0.779. The Labute approximate surface area is 146 Å². The molecule has 2 N–H and O–H groups in total. The van der Waals surface area contributed by atoms with E-state index in [1.807, 2.05) is 13.0 Å². The molecule has 4 nitrogen and oxygen atoms in total. The number of fused-ring (bicyclic) bond motifs is 1. The Morgan fingerprint density at radius 1 is 1.52 bits per heavy atom. The zero-order chi connectivity index (χ0) is 16.7. The number of hydrogen-bond donors (Lipinski definition) is 1. The summed E-state index contributed by atoms with van der Waals surface area (Å²) in [7, 11) is 0. The second kappa shape index (κ2) is 6.09. The molecule has 1 unspecified atom stereocenters. The Morgan fingerprint density at radius 3 is 2.96 bits per heavy atom. The molecule has 0 spiro atoms. The summed E-state index contributed by atoms with van der Waals surface area (Å²) in [5.74, 6) is -0.411. The summed E-state index contributed by atoms with van der Waals surface area (Å²) < 4.78 is 14.1. The number of nitrogens with zero attached hydrogens (tertiary/aromatic N) is 2. The number of nitrogens with two attached hydrogens (primary N) is 1. The lowest BCUT2D eigenvalue weighted by atomic mass is 9.96. The third kappa shape index (κ3) is 2.70. The molecule has 120 valence electrons. The molecule has 23 heavy (non-hydrogen) atoms. The van der Waals surface area contributed by atoms with E-state index >= 15 is 0 Å². The van der Waals surface area contributed by atoms with Gasteiger partial charge in [0.2, 0.25) is 0 Å². The van der Waals surface area contributed by atoms with Crippen molar-refractivity contribution in [3.63, 3.8) is 0 Å². The number of rotatable bonds is 2. The molecule has 0 bridgehead atoms. The van der Waals surface area contributed by atoms with Gasteiger partial charge >= 0.3 is 0 Å². The van der Waals surface area contributed by atoms with Crippen molar-refractivity contribution in [1.82, 2.24) is 9.88 Å². The summed E-state index contributed by atoms with van der Waals surface area (Å²) >= 11 is 9.28. The molecule has 0 saturated heterocycles. The van der Waals surface area contributed by atoms with E-state index in [4.69, 9.17) is 17.3 Å². The predicted octanol–water partition coefficient (Wildman–Crippen LogP) is 3.98. The van der Waals surface area contributed by atoms with E-state index < -0.39 is 5.82 Å². The number of halogens is 3. The lowest BCUT2D eigenvalue weighted by Crippen LogP contribution is -2.40. The van der Waals surface area contributed by atoms with Gasteiger partial charge < -0.3 is 10.6 Å². The maximum absolute atomic E-state index is 13.9. The fourth-order valence-electron chi connectivity index (χ4n) is 2.88. The number of carbonyl (C=O) groups is 1. The Morgan fingerprint density at radius 2 is 2.26 bits per heavy atom. The van der Waals surface area contributed by atoms with Crippen LogP contribution in [0, 0.1) is 5.82 Å². The number of anilines is 1. The second-order valence-corrected chi connectivity index (χ2v) is 6.59. The fraction of sp³-hybridized carbons (Fsp3) is 0.250. The van der Waals surface area contributed by atoms with Crippen molar-refractivity contribution < 1.29 is 9.18 Å². The zero-order valence-electron chi connectivity index (χ0n) is 12.3. The van der Waals surface area contributed by atoms with Crippen LogP contribution in [0.2, 0.25) is 5.02 Å². The molecular formula is C16H14BrClFN3O. The number of pyridine rings is 1. The van der Waals surface area contributed by atoms with E-state index in [9.17, 15) is 9.18 Å². The van der Waals surface area contributed by atoms with Crippen LogP contribution in [0.4, 0.5) is 10.2 Å². The van der Waals surface area contributed by atoms with E-state index in [0.29, 0.717) is 29.9 Å². The van der Waals surface area contributed by atoms with Crippen molar-refractivity contribution in [2.24, 2.45) is 0 Å². The third-order valence-corrected chi connectivity index (χ3v) is 5.57. The molecule has 2 heterocycles. The van der Waals surface area contributed by atoms with Crippen molar-refractivity contribution in [1.29, 1.82) is 0 Å². The average molecular weight is 399 g/mol. The molecule has 2 aromatic rings. The first-order valence-corrected chi connectivity index (χ1v) is 8.26. The minimum Gasteiger partial charge on any atom is -0.383 e. The largest absolute Gasteiger partial charge is 0.383 e. The first kappa shape index (κ1) is 16.2. The fourth-order valence-corrected chi connectivity index (χ4v) is 3.52. The number of benzene rings is 1. The van der Waals surface area contributed by atoms with E-state index in [-0.39, 0.29) is 21.4 Å². The smallest absolute Gasteiger partial charge is 0.254 e. The van der Waals surface area contributed by atoms with E-state index in [1.165, 1.54) is 6.07 Å². The maximum Gasteiger partial charge on any atom is 0.254 e. The third-order valence-electron chi connectivity index (χ3n) is 4.15. The molecular weight excluding hydrogens is 385 g/mol. The number of carbonyl (C=O) groups excluding carboxylic acids is 1. The summed E-state index contributed by atoms with van der Waals surface area (Å²) in [5, 5.41) is 0.265. The van der Waals surface area contributed by atoms with Gasteiger partial charge in [0, 0.05) is 23.9 Å². The zero-order valence-corrected chi connectivity index (χ0v) is 14.7. The molecule has 1 atom stereocenters. The number of hydrogen-bond acceptors (Lipinski definition) is 3. The van der Waals surface area contributed by atoms with Gasteiger partial charge in [-0.1, -0.05) is 17.7 Å². The maximum atomic E-state index is 13.9. The van der Waals surface area contributed by atoms with Crippen LogP contribution >= 0.6 is 27.5 Å². The summed E-state index contributed by atoms with van der Waals surface area (Å²) in [6.07, 6.45) is 2.16. The van der Waals surface area contributed by atoms with Crippen LogP contribution in [0.3, 0.4) is 0 Å². The molecule has 1 amide bonds. The molecule has 0 saturated carbocycles. The first-order chi connectivity index (χ1) is 10.9. The second-order valence-electron chi connectivity index (χ2n) is 5.41. The van der Waals surface area contributed by atoms with Gasteiger partial charge in [-0.3, -0.25) is 4.79 Å². The molecule has 0 fully saturated rings. The van der Waals surface area contributed by atoms with Gasteiger partial charge in [-0.25, -0.2) is 9.37 Å². The van der Waals surface area contributed by atoms with Gasteiger partial charge in [0.25, 0.3) is 5.91 Å². The molecule has 7 heteroatoms. The molecule has 0 aliphatic carbocycles. The van der Waals surface area contributed by atoms with Gasteiger partial charge in [-0.2, -0.15) is 0 Å². The van der Waals surface area contributed by atoms with Crippen molar-refractivity contribution >= 4 is 39.3 Å². The highest BCUT2D eigenvalue weighted by atomic mass is 79.9. The summed E-state index contributed by atoms with van der Waals surface area (Å²) in [5.41, 5.74) is 7.65. The van der Waals surface area contributed by atoms with Crippen LogP contribution < -0.4 is 5.73 Å². The van der Waals surface area contributed by atoms with Gasteiger partial charge in [-0.15, -0.1) is 0 Å². The van der Waals surface area contributed by atoms with Gasteiger partial charge in [-0.05, 0) is 47.0 Å². The van der Waals surface area contributed by atoms with Gasteiger partial charge in [0.1, 0.15) is 11.6 Å². The topological polar surface area (TPSA) is 59.2 Å². The SMILES string of the molecule is CC(c1cccnc1N)N1CCc2c(cc(F)c(Br)c2Cl)C1=O. The summed E-state index contributed by atoms with van der Waals surface area (Å²) in [6, 6.07) is 4.59. The standard InChI is InChI=1S/C16H14BrClFN3O/c1-8(9-3-2-5-21-15(9)20)22-6-4-10-11(16(22)23)7-12(19)13(17)14(10)18/h2-3,5,7-8H,4,6H2,1H3,(H2,20,21). The lowest BCUT2D eigenvalue weighted by Gasteiger charge is -2.34. The molecule has 0 radical (unpaired) electrons. The highest BCUT2D eigenvalue weighted by Gasteiger charge is 2.32. The number of aromatic nitrogens is 1. The first-order valence-electron chi connectivity index (χ1n) is 7.09. The summed E-state index contributed by atoms with van der Waals surface area (Å²) in [6.45, 7) is 2.37. The van der Waals surface area contributed by atoms with Crippen molar-refractivity contribution in [3.05, 3.63) is 56.4 Å². The lowest BCUT2D eigenvalue weighted by molar-refractivity contribution is 0.0672. The van der Waals surface area contributed by atoms with Crippen molar-refractivity contribution in [3.8, 4) is 0 Å². The van der Waals surface area contributed by atoms with E-state index in [0.717, 1.165) is 5.56 Å². The van der Waals surface area contributed by atoms with E-state index in [2.05, 4.69) is 20.9 Å². The Bertz CT molecular complexity index is 799. The van der Waals surface area contributed by atoms with E-state index in [1.54, 1.807) is 17.2 Å². The van der Waals surface area contributed by atoms with Crippen LogP contribution in [0.15, 0.2) is 28.9 Å². The Kier molecular flexibility index (Phi) is 4.29. The van der Waals surface area contributed by atoms with Crippen molar-refractivity contribution in [2.75, 3.05) is 12.3 Å². The Balaban J connectivity index is 2.00. The van der Waals surface area contributed by atoms with Crippen molar-refractivity contribution in [2.45, 2.75) is 19.4 Å². The van der Waals surface area contributed by atoms with Crippen LogP contribution in [0.25, 0.3) is 0 Å². The van der Waals surface area contributed by atoms with Crippen LogP contribution in [0.1, 0.15) is 34.5 Å². The molecule has 1 aliphatic heterocycles. The van der Waals surface area contributed by atoms with Crippen LogP contribution in [-0.4, -0.2) is 22.3 Å². The average Bonchev–Trinajstić information content (AvgIpc) is 2.54. The number of amides is 1. The van der Waals surface area contributed by atoms with Crippen LogP contribution in [-0.2, 0) is 6.42 Å². The minimum absolute atomic E-state index is 0.198. The molecule has 1 aromatic carbocycles. The van der Waals surface area contributed by atoms with Gasteiger partial charge in [0.15, 0.2) is 0 Å². The van der Waals surface area contributed by atoms with Gasteiger partial charge in [0.05, 0.1) is 15.5 Å². The molecule has 1 aromatic heterocycles. The monoisotopic (exact) mass is 397 g/mol. The minimum atomic E-state index is -0.544. The summed E-state index contributed by atoms with van der Waals surface area (Å²) in [4.78, 5) is 18.5. The number of nitrogen functional groups attached to an aromatic ring is 1. The highest BCUT2D eigenvalue weighted by molar-refractivity contribution is 9.10. The molecule has 3 rings (SSSR count). The predicted molar refractivity (Wildman–Crippen MR) is 90.9 cm³/mol.